The van der Waals surface area contributed by atoms with Crippen molar-refractivity contribution in [3.8, 4) is 0 Å². The van der Waals surface area contributed by atoms with Gasteiger partial charge in [-0.1, -0.05) is 35.3 Å². The number of anilines is 1. The normalized spacial score (nSPS) is 12.2. The van der Waals surface area contributed by atoms with E-state index in [4.69, 9.17) is 23.2 Å². The van der Waals surface area contributed by atoms with Crippen LogP contribution in [0.4, 0.5) is 5.69 Å². The summed E-state index contributed by atoms with van der Waals surface area (Å²) in [4.78, 5) is 27.2. The predicted octanol–water partition coefficient (Wildman–Crippen LogP) is 4.71. The Morgan fingerprint density at radius 1 is 1.06 bits per heavy atom. The van der Waals surface area contributed by atoms with Crippen molar-refractivity contribution in [3.05, 3.63) is 63.1 Å². The van der Waals surface area contributed by atoms with Crippen molar-refractivity contribution in [3.63, 3.8) is 0 Å². The van der Waals surface area contributed by atoms with Gasteiger partial charge in [0, 0.05) is 36.1 Å². The molecule has 0 aromatic heterocycles. The number of carbonyl (C=O) groups excluding carboxylic acids is 2. The Hall–Kier alpha value is -2.29. The molecule has 0 spiro atoms. The van der Waals surface area contributed by atoms with Crippen molar-refractivity contribution < 1.29 is 18.0 Å². The largest absolute Gasteiger partial charge is 0.355 e. The maximum atomic E-state index is 13.3. The number of nitrogens with one attached hydrogen (secondary N) is 1. The van der Waals surface area contributed by atoms with Crippen molar-refractivity contribution in [1.82, 2.24) is 10.2 Å². The molecule has 35 heavy (non-hydrogen) atoms. The molecule has 1 unspecified atom stereocenters. The molecule has 192 valence electrons. The number of hydrogen-bond donors (Lipinski definition) is 1. The minimum Gasteiger partial charge on any atom is -0.355 e. The van der Waals surface area contributed by atoms with Gasteiger partial charge in [-0.2, -0.15) is 0 Å². The number of aryl methyl sites for hydroxylation is 2. The van der Waals surface area contributed by atoms with Gasteiger partial charge in [-0.15, -0.1) is 0 Å². The first-order chi connectivity index (χ1) is 16.3. The van der Waals surface area contributed by atoms with E-state index >= 15 is 0 Å². The Kier molecular flexibility index (Phi) is 10.4. The second-order valence-corrected chi connectivity index (χ2v) is 11.3. The highest BCUT2D eigenvalue weighted by molar-refractivity contribution is 7.92. The number of halogens is 2. The molecule has 0 saturated carbocycles. The first-order valence-electron chi connectivity index (χ1n) is 11.4. The average molecular weight is 543 g/mol. The summed E-state index contributed by atoms with van der Waals surface area (Å²) in [6.45, 7) is 8.04. The molecule has 0 aliphatic rings. The molecule has 7 nitrogen and oxygen atoms in total. The van der Waals surface area contributed by atoms with E-state index in [1.165, 1.54) is 9.21 Å². The fraction of sp³-hybridized carbons (Fsp3) is 0.440. The average Bonchev–Trinajstić information content (AvgIpc) is 2.77. The number of likely N-dealkylation sites (N-methyl/N-ethyl adjacent to an activating group) is 1. The number of nitrogens with zero attached hydrogens (tertiary/aromatic N) is 2. The Morgan fingerprint density at radius 3 is 2.31 bits per heavy atom. The molecule has 0 heterocycles. The first-order valence-corrected chi connectivity index (χ1v) is 14.0. The Balaban J connectivity index is 2.20. The number of benzene rings is 2. The van der Waals surface area contributed by atoms with Crippen molar-refractivity contribution in [2.24, 2.45) is 0 Å². The van der Waals surface area contributed by atoms with E-state index < -0.39 is 16.1 Å². The van der Waals surface area contributed by atoms with E-state index in [1.54, 1.807) is 38.1 Å². The fourth-order valence-electron chi connectivity index (χ4n) is 3.62. The maximum absolute atomic E-state index is 13.3. The minimum atomic E-state index is -3.55. The lowest BCUT2D eigenvalue weighted by Crippen LogP contribution is -2.47. The summed E-state index contributed by atoms with van der Waals surface area (Å²) in [6, 6.07) is 9.71. The highest BCUT2D eigenvalue weighted by Gasteiger charge is 2.27. The van der Waals surface area contributed by atoms with Crippen LogP contribution in [0.1, 0.15) is 43.4 Å². The van der Waals surface area contributed by atoms with Crippen molar-refractivity contribution in [2.45, 2.75) is 53.1 Å². The van der Waals surface area contributed by atoms with Gasteiger partial charge < -0.3 is 10.2 Å². The van der Waals surface area contributed by atoms with E-state index in [1.807, 2.05) is 26.0 Å². The van der Waals surface area contributed by atoms with Gasteiger partial charge in [0.15, 0.2) is 0 Å². The number of rotatable bonds is 11. The molecule has 0 aliphatic heterocycles. The molecular weight excluding hydrogens is 509 g/mol. The molecule has 0 bridgehead atoms. The summed E-state index contributed by atoms with van der Waals surface area (Å²) in [7, 11) is -3.55. The van der Waals surface area contributed by atoms with E-state index in [0.29, 0.717) is 27.8 Å². The Labute approximate surface area is 218 Å². The van der Waals surface area contributed by atoms with Crippen molar-refractivity contribution in [1.29, 1.82) is 0 Å². The lowest BCUT2D eigenvalue weighted by Gasteiger charge is -2.29. The predicted molar refractivity (Wildman–Crippen MR) is 142 cm³/mol. The molecule has 1 N–H and O–H groups in total. The van der Waals surface area contributed by atoms with E-state index in [-0.39, 0.29) is 37.7 Å². The molecule has 0 fully saturated rings. The highest BCUT2D eigenvalue weighted by Crippen LogP contribution is 2.25. The minimum absolute atomic E-state index is 0.0613. The van der Waals surface area contributed by atoms with Gasteiger partial charge in [0.1, 0.15) is 6.04 Å². The summed E-state index contributed by atoms with van der Waals surface area (Å²) >= 11 is 12.3. The smallest absolute Gasteiger partial charge is 0.242 e. The SMILES string of the molecule is CCNC(=O)C(C)N(Cc1ccc(Cl)cc1Cl)C(=O)CCCN(c1ccc(C)c(C)c1)S(C)(=O)=O. The van der Waals surface area contributed by atoms with Crippen LogP contribution in [0.15, 0.2) is 36.4 Å². The third kappa shape index (κ3) is 8.12. The lowest BCUT2D eigenvalue weighted by atomic mass is 10.1. The molecule has 0 saturated heterocycles. The molecule has 2 amide bonds. The Morgan fingerprint density at radius 2 is 1.74 bits per heavy atom. The van der Waals surface area contributed by atoms with Gasteiger partial charge in [0.2, 0.25) is 21.8 Å². The third-order valence-corrected chi connectivity index (χ3v) is 7.59. The van der Waals surface area contributed by atoms with Crippen LogP contribution in [0.3, 0.4) is 0 Å². The second-order valence-electron chi connectivity index (χ2n) is 8.54. The summed E-state index contributed by atoms with van der Waals surface area (Å²) < 4.78 is 26.2. The van der Waals surface area contributed by atoms with Crippen molar-refractivity contribution >= 4 is 50.7 Å². The molecule has 0 aliphatic carbocycles. The summed E-state index contributed by atoms with van der Waals surface area (Å²) in [5, 5.41) is 3.61. The van der Waals surface area contributed by atoms with E-state index in [2.05, 4.69) is 5.32 Å². The molecule has 2 rings (SSSR count). The zero-order valence-electron chi connectivity index (χ0n) is 20.8. The quantitative estimate of drug-likeness (QED) is 0.446. The standard InChI is InChI=1S/C25H33Cl2N3O4S/c1-6-28-25(32)19(4)29(16-20-10-11-21(26)15-23(20)27)24(31)8-7-13-30(35(5,33)34)22-12-9-17(2)18(3)14-22/h9-12,14-15,19H,6-8,13,16H2,1-5H3,(H,28,32). The van der Waals surface area contributed by atoms with Crippen LogP contribution in [0.25, 0.3) is 0 Å². The van der Waals surface area contributed by atoms with E-state index in [9.17, 15) is 18.0 Å². The monoisotopic (exact) mass is 541 g/mol. The van der Waals surface area contributed by atoms with E-state index in [0.717, 1.165) is 17.4 Å². The van der Waals surface area contributed by atoms with Gasteiger partial charge in [-0.25, -0.2) is 8.42 Å². The number of carbonyl (C=O) groups is 2. The van der Waals surface area contributed by atoms with Crippen LogP contribution >= 0.6 is 23.2 Å². The summed E-state index contributed by atoms with van der Waals surface area (Å²) in [5.74, 6) is -0.554. The molecule has 0 radical (unpaired) electrons. The Bertz CT molecular complexity index is 1170. The molecule has 2 aromatic rings. The fourth-order valence-corrected chi connectivity index (χ4v) is 5.05. The number of hydrogen-bond acceptors (Lipinski definition) is 4. The van der Waals surface area contributed by atoms with Gasteiger partial charge in [-0.3, -0.25) is 13.9 Å². The zero-order valence-corrected chi connectivity index (χ0v) is 23.1. The third-order valence-electron chi connectivity index (χ3n) is 5.80. The van der Waals surface area contributed by atoms with Crippen LogP contribution in [-0.2, 0) is 26.2 Å². The van der Waals surface area contributed by atoms with Gasteiger partial charge in [0.05, 0.1) is 11.9 Å². The molecule has 10 heteroatoms. The molecular formula is C25H33Cl2N3O4S. The number of amides is 2. The molecule has 1 atom stereocenters. The highest BCUT2D eigenvalue weighted by atomic mass is 35.5. The van der Waals surface area contributed by atoms with Crippen LogP contribution in [-0.4, -0.2) is 50.5 Å². The van der Waals surface area contributed by atoms with Gasteiger partial charge in [0.25, 0.3) is 0 Å². The van der Waals surface area contributed by atoms with Crippen LogP contribution in [0.5, 0.6) is 0 Å². The summed E-state index contributed by atoms with van der Waals surface area (Å²) in [5.41, 5.74) is 3.26. The van der Waals surface area contributed by atoms with Gasteiger partial charge >= 0.3 is 0 Å². The van der Waals surface area contributed by atoms with Crippen molar-refractivity contribution in [2.75, 3.05) is 23.7 Å². The first kappa shape index (κ1) is 28.9. The zero-order chi connectivity index (χ0) is 26.3. The topological polar surface area (TPSA) is 86.8 Å². The lowest BCUT2D eigenvalue weighted by molar-refractivity contribution is -0.140. The second kappa shape index (κ2) is 12.6. The number of sulfonamides is 1. The van der Waals surface area contributed by atoms with Crippen LogP contribution < -0.4 is 9.62 Å². The molecule has 2 aromatic carbocycles. The van der Waals surface area contributed by atoms with Crippen LogP contribution in [0, 0.1) is 13.8 Å². The summed E-state index contributed by atoms with van der Waals surface area (Å²) in [6.07, 6.45) is 1.49. The van der Waals surface area contributed by atoms with Crippen LogP contribution in [0.2, 0.25) is 10.0 Å². The maximum Gasteiger partial charge on any atom is 0.242 e. The van der Waals surface area contributed by atoms with Gasteiger partial charge in [-0.05, 0) is 75.1 Å².